The van der Waals surface area contributed by atoms with Crippen LogP contribution in [0, 0.1) is 5.41 Å². The van der Waals surface area contributed by atoms with Crippen LogP contribution in [0.1, 0.15) is 53.9 Å². The van der Waals surface area contributed by atoms with Crippen LogP contribution < -0.4 is 0 Å². The molecule has 1 aliphatic rings. The molecule has 0 fully saturated rings. The highest BCUT2D eigenvalue weighted by molar-refractivity contribution is 5.00. The highest BCUT2D eigenvalue weighted by Gasteiger charge is 2.03. The molecule has 1 aliphatic carbocycles. The van der Waals surface area contributed by atoms with Crippen LogP contribution in [0.25, 0.3) is 0 Å². The Labute approximate surface area is 83.7 Å². The quantitative estimate of drug-likeness (QED) is 0.473. The molecule has 0 bridgehead atoms. The molecule has 0 atom stereocenters. The van der Waals surface area contributed by atoms with Crippen molar-refractivity contribution in [3.05, 3.63) is 23.8 Å². The fraction of sp³-hybridized carbons (Fsp3) is 0.692. The summed E-state index contributed by atoms with van der Waals surface area (Å²) in [5.41, 5.74) is 1.76. The molecule has 0 radical (unpaired) electrons. The van der Waals surface area contributed by atoms with Crippen molar-refractivity contribution < 1.29 is 0 Å². The summed E-state index contributed by atoms with van der Waals surface area (Å²) in [5.74, 6) is 0. The monoisotopic (exact) mass is 180 g/mol. The maximum absolute atomic E-state index is 2.27. The average molecular weight is 180 g/mol. The predicted molar refractivity (Wildman–Crippen MR) is 61.9 cm³/mol. The largest absolute Gasteiger partial charge is 0.0885 e. The van der Waals surface area contributed by atoms with E-state index in [2.05, 4.69) is 52.8 Å². The molecule has 0 N–H and O–H groups in total. The van der Waals surface area contributed by atoms with Gasteiger partial charge >= 0.3 is 0 Å². The first-order valence-electron chi connectivity index (χ1n) is 5.23. The van der Waals surface area contributed by atoms with E-state index >= 15 is 0 Å². The van der Waals surface area contributed by atoms with E-state index in [1.54, 1.807) is 0 Å². The maximum atomic E-state index is 2.27. The van der Waals surface area contributed by atoms with Gasteiger partial charge in [-0.2, -0.15) is 0 Å². The zero-order chi connectivity index (χ0) is 10.3. The van der Waals surface area contributed by atoms with Gasteiger partial charge in [0, 0.05) is 0 Å². The first kappa shape index (κ1) is 12.5. The second-order valence-electron chi connectivity index (χ2n) is 4.99. The van der Waals surface area contributed by atoms with Crippen LogP contribution in [0.4, 0.5) is 0 Å². The van der Waals surface area contributed by atoms with E-state index in [4.69, 9.17) is 0 Å². The molecular weight excluding hydrogens is 156 g/mol. The number of allylic oxidation sites excluding steroid dienone is 4. The third kappa shape index (κ3) is 11.5. The SMILES string of the molecule is C1=CCCC1.CC(C)=CC(C)(C)C. The molecule has 0 nitrogen and oxygen atoms in total. The fourth-order valence-corrected chi connectivity index (χ4v) is 1.46. The summed E-state index contributed by atoms with van der Waals surface area (Å²) in [6, 6.07) is 0. The molecule has 76 valence electrons. The lowest BCUT2D eigenvalue weighted by Crippen LogP contribution is -1.99. The molecule has 0 aromatic carbocycles. The Morgan fingerprint density at radius 3 is 1.62 bits per heavy atom. The lowest BCUT2D eigenvalue weighted by Gasteiger charge is -2.11. The molecule has 0 aromatic heterocycles. The summed E-state index contributed by atoms with van der Waals surface area (Å²) < 4.78 is 0. The van der Waals surface area contributed by atoms with Crippen LogP contribution in [0.2, 0.25) is 0 Å². The summed E-state index contributed by atoms with van der Waals surface area (Å²) in [6.07, 6.45) is 10.8. The van der Waals surface area contributed by atoms with E-state index in [9.17, 15) is 0 Å². The Morgan fingerprint density at radius 1 is 1.08 bits per heavy atom. The Morgan fingerprint density at radius 2 is 1.54 bits per heavy atom. The fourth-order valence-electron chi connectivity index (χ4n) is 1.46. The summed E-state index contributed by atoms with van der Waals surface area (Å²) in [4.78, 5) is 0. The summed E-state index contributed by atoms with van der Waals surface area (Å²) in [7, 11) is 0. The zero-order valence-electron chi connectivity index (χ0n) is 9.85. The van der Waals surface area contributed by atoms with Gasteiger partial charge in [0.2, 0.25) is 0 Å². The predicted octanol–water partition coefficient (Wildman–Crippen LogP) is 4.73. The third-order valence-corrected chi connectivity index (χ3v) is 1.63. The molecule has 0 spiro atoms. The second-order valence-corrected chi connectivity index (χ2v) is 4.99. The normalized spacial score (nSPS) is 14.8. The average Bonchev–Trinajstić information content (AvgIpc) is 2.33. The van der Waals surface area contributed by atoms with Gasteiger partial charge in [-0.3, -0.25) is 0 Å². The standard InChI is InChI=1S/C8H16.C5H8/c1-7(2)6-8(3,4)5;1-2-4-5-3-1/h6H,1-5H3;1-2H,3-5H2. The van der Waals surface area contributed by atoms with Crippen LogP contribution in [0.3, 0.4) is 0 Å². The van der Waals surface area contributed by atoms with Crippen molar-refractivity contribution in [1.29, 1.82) is 0 Å². The topological polar surface area (TPSA) is 0 Å². The van der Waals surface area contributed by atoms with E-state index in [-0.39, 0.29) is 0 Å². The Kier molecular flexibility index (Phi) is 5.77. The molecule has 0 saturated heterocycles. The second kappa shape index (κ2) is 6.01. The summed E-state index contributed by atoms with van der Waals surface area (Å²) in [5, 5.41) is 0. The minimum absolute atomic E-state index is 0.360. The number of hydrogen-bond donors (Lipinski definition) is 0. The first-order chi connectivity index (χ1) is 5.92. The van der Waals surface area contributed by atoms with Gasteiger partial charge in [-0.05, 0) is 38.5 Å². The van der Waals surface area contributed by atoms with Crippen LogP contribution in [-0.4, -0.2) is 0 Å². The highest BCUT2D eigenvalue weighted by atomic mass is 14.1. The third-order valence-electron chi connectivity index (χ3n) is 1.63. The molecule has 0 amide bonds. The van der Waals surface area contributed by atoms with E-state index in [1.807, 2.05) is 0 Å². The molecule has 1 rings (SSSR count). The van der Waals surface area contributed by atoms with Crippen LogP contribution in [0.5, 0.6) is 0 Å². The van der Waals surface area contributed by atoms with Crippen molar-refractivity contribution in [3.8, 4) is 0 Å². The van der Waals surface area contributed by atoms with Crippen molar-refractivity contribution in [2.75, 3.05) is 0 Å². The van der Waals surface area contributed by atoms with Gasteiger partial charge in [-0.25, -0.2) is 0 Å². The molecular formula is C13H24. The van der Waals surface area contributed by atoms with Gasteiger partial charge in [0.25, 0.3) is 0 Å². The van der Waals surface area contributed by atoms with Crippen molar-refractivity contribution in [2.45, 2.75) is 53.9 Å². The summed E-state index contributed by atoms with van der Waals surface area (Å²) in [6.45, 7) is 10.9. The minimum Gasteiger partial charge on any atom is -0.0885 e. The lowest BCUT2D eigenvalue weighted by atomic mass is 9.94. The molecule has 0 heteroatoms. The van der Waals surface area contributed by atoms with Gasteiger partial charge in [0.05, 0.1) is 0 Å². The van der Waals surface area contributed by atoms with E-state index in [0.29, 0.717) is 5.41 Å². The first-order valence-corrected chi connectivity index (χ1v) is 5.23. The molecule has 0 aromatic rings. The van der Waals surface area contributed by atoms with E-state index in [1.165, 1.54) is 24.8 Å². The maximum Gasteiger partial charge on any atom is -0.0201 e. The smallest absolute Gasteiger partial charge is 0.0201 e. The Hall–Kier alpha value is -0.520. The van der Waals surface area contributed by atoms with Crippen molar-refractivity contribution in [3.63, 3.8) is 0 Å². The number of hydrogen-bond acceptors (Lipinski definition) is 0. The highest BCUT2D eigenvalue weighted by Crippen LogP contribution is 2.16. The van der Waals surface area contributed by atoms with Gasteiger partial charge < -0.3 is 0 Å². The molecule has 0 saturated carbocycles. The van der Waals surface area contributed by atoms with Crippen molar-refractivity contribution >= 4 is 0 Å². The van der Waals surface area contributed by atoms with Crippen LogP contribution in [-0.2, 0) is 0 Å². The zero-order valence-corrected chi connectivity index (χ0v) is 9.85. The van der Waals surface area contributed by atoms with E-state index < -0.39 is 0 Å². The van der Waals surface area contributed by atoms with Crippen molar-refractivity contribution in [1.82, 2.24) is 0 Å². The number of rotatable bonds is 0. The van der Waals surface area contributed by atoms with Crippen LogP contribution >= 0.6 is 0 Å². The van der Waals surface area contributed by atoms with Gasteiger partial charge in [0.15, 0.2) is 0 Å². The molecule has 13 heavy (non-hydrogen) atoms. The Bertz CT molecular complexity index is 167. The van der Waals surface area contributed by atoms with E-state index in [0.717, 1.165) is 0 Å². The van der Waals surface area contributed by atoms with Crippen molar-refractivity contribution in [2.24, 2.45) is 5.41 Å². The van der Waals surface area contributed by atoms with Gasteiger partial charge in [0.1, 0.15) is 0 Å². The van der Waals surface area contributed by atoms with Gasteiger partial charge in [-0.15, -0.1) is 0 Å². The molecule has 0 aliphatic heterocycles. The minimum atomic E-state index is 0.360. The lowest BCUT2D eigenvalue weighted by molar-refractivity contribution is 0.540. The van der Waals surface area contributed by atoms with Crippen LogP contribution in [0.15, 0.2) is 23.8 Å². The van der Waals surface area contributed by atoms with Gasteiger partial charge in [-0.1, -0.05) is 44.6 Å². The Balaban J connectivity index is 0.000000243. The molecule has 0 heterocycles. The molecule has 0 unspecified atom stereocenters. The summed E-state index contributed by atoms with van der Waals surface area (Å²) >= 11 is 0.